The summed E-state index contributed by atoms with van der Waals surface area (Å²) in [4.78, 5) is 12.2. The molecule has 4 rings (SSSR count). The van der Waals surface area contributed by atoms with Crippen molar-refractivity contribution in [2.45, 2.75) is 0 Å². The van der Waals surface area contributed by atoms with E-state index in [0.29, 0.717) is 26.9 Å². The molecule has 3 aromatic rings. The summed E-state index contributed by atoms with van der Waals surface area (Å²) in [7, 11) is 0. The van der Waals surface area contributed by atoms with Gasteiger partial charge in [-0.2, -0.15) is 0 Å². The molecule has 122 valence electrons. The fourth-order valence-corrected chi connectivity index (χ4v) is 3.28. The lowest BCUT2D eigenvalue weighted by molar-refractivity contribution is -0.130. The quantitative estimate of drug-likeness (QED) is 0.402. The van der Waals surface area contributed by atoms with Gasteiger partial charge in [-0.15, -0.1) is 0 Å². The number of carbonyl (C=O) groups is 1. The minimum atomic E-state index is -0.417. The Morgan fingerprint density at radius 1 is 0.840 bits per heavy atom. The molecule has 0 spiro atoms. The molecule has 1 aliphatic heterocycles. The summed E-state index contributed by atoms with van der Waals surface area (Å²) < 4.78 is 5.43. The third-order valence-corrected chi connectivity index (χ3v) is 4.72. The number of esters is 1. The molecule has 0 aliphatic carbocycles. The Balaban J connectivity index is 1.75. The Morgan fingerprint density at radius 2 is 1.56 bits per heavy atom. The monoisotopic (exact) mass is 366 g/mol. The van der Waals surface area contributed by atoms with Crippen LogP contribution in [0.4, 0.5) is 0 Å². The molecule has 0 unspecified atom stereocenters. The highest BCUT2D eigenvalue weighted by Gasteiger charge is 2.22. The van der Waals surface area contributed by atoms with Crippen LogP contribution in [-0.2, 0) is 9.53 Å². The predicted molar refractivity (Wildman–Crippen MR) is 102 cm³/mol. The second-order valence-corrected chi connectivity index (χ2v) is 6.51. The van der Waals surface area contributed by atoms with E-state index in [1.54, 1.807) is 30.4 Å². The average molecular weight is 367 g/mol. The van der Waals surface area contributed by atoms with Gasteiger partial charge in [-0.25, -0.2) is 4.79 Å². The lowest BCUT2D eigenvalue weighted by Crippen LogP contribution is -1.97. The number of hydrogen-bond acceptors (Lipinski definition) is 2. The van der Waals surface area contributed by atoms with Crippen molar-refractivity contribution in [1.82, 2.24) is 0 Å². The van der Waals surface area contributed by atoms with Crippen molar-refractivity contribution in [2.75, 3.05) is 0 Å². The van der Waals surface area contributed by atoms with Crippen molar-refractivity contribution in [3.05, 3.63) is 93.5 Å². The minimum Gasteiger partial charge on any atom is -0.422 e. The molecule has 2 nitrogen and oxygen atoms in total. The molecule has 0 bridgehead atoms. The van der Waals surface area contributed by atoms with Crippen LogP contribution in [0.3, 0.4) is 0 Å². The number of fused-ring (bicyclic) bond motifs is 1. The summed E-state index contributed by atoms with van der Waals surface area (Å²) in [6.07, 6.45) is 3.37. The van der Waals surface area contributed by atoms with Crippen molar-refractivity contribution in [2.24, 2.45) is 0 Å². The second kappa shape index (κ2) is 6.40. The molecule has 1 aliphatic rings. The molecule has 3 aromatic carbocycles. The Hall–Kier alpha value is -2.55. The molecule has 0 amide bonds. The smallest absolute Gasteiger partial charge is 0.343 e. The van der Waals surface area contributed by atoms with Crippen molar-refractivity contribution < 1.29 is 9.53 Å². The van der Waals surface area contributed by atoms with Crippen LogP contribution in [0.25, 0.3) is 22.6 Å². The SMILES string of the molecule is O=C1OC(c2ccc3ccccc3c2)=C/C1=C\c1c(Cl)cccc1Cl. The number of cyclic esters (lactones) is 1. The van der Waals surface area contributed by atoms with Crippen LogP contribution >= 0.6 is 23.2 Å². The summed E-state index contributed by atoms with van der Waals surface area (Å²) in [5.41, 5.74) is 1.87. The molecule has 0 fully saturated rings. The highest BCUT2D eigenvalue weighted by atomic mass is 35.5. The average Bonchev–Trinajstić information content (AvgIpc) is 2.98. The molecule has 0 saturated heterocycles. The number of benzene rings is 3. The van der Waals surface area contributed by atoms with Gasteiger partial charge in [0.15, 0.2) is 0 Å². The van der Waals surface area contributed by atoms with E-state index in [1.807, 2.05) is 42.5 Å². The maximum atomic E-state index is 12.2. The summed E-state index contributed by atoms with van der Waals surface area (Å²) in [6, 6.07) is 19.2. The van der Waals surface area contributed by atoms with E-state index < -0.39 is 5.97 Å². The fraction of sp³-hybridized carbons (Fsp3) is 0. The summed E-state index contributed by atoms with van der Waals surface area (Å²) >= 11 is 12.3. The molecule has 0 N–H and O–H groups in total. The molecule has 4 heteroatoms. The van der Waals surface area contributed by atoms with E-state index in [-0.39, 0.29) is 0 Å². The number of halogens is 2. The summed E-state index contributed by atoms with van der Waals surface area (Å²) in [6.45, 7) is 0. The van der Waals surface area contributed by atoms with Gasteiger partial charge >= 0.3 is 5.97 Å². The standard InChI is InChI=1S/C21H12Cl2O2/c22-18-6-3-7-19(23)17(18)11-16-12-20(25-21(16)24)15-9-8-13-4-1-2-5-14(13)10-15/h1-12H/b16-11+. The largest absolute Gasteiger partial charge is 0.422 e. The number of hydrogen-bond donors (Lipinski definition) is 0. The van der Waals surface area contributed by atoms with Crippen LogP contribution in [0, 0.1) is 0 Å². The van der Waals surface area contributed by atoms with Crippen LogP contribution in [-0.4, -0.2) is 5.97 Å². The van der Waals surface area contributed by atoms with E-state index >= 15 is 0 Å². The van der Waals surface area contributed by atoms with Gasteiger partial charge in [-0.3, -0.25) is 0 Å². The van der Waals surface area contributed by atoms with Crippen LogP contribution in [0.1, 0.15) is 11.1 Å². The molecule has 25 heavy (non-hydrogen) atoms. The number of carbonyl (C=O) groups excluding carboxylic acids is 1. The van der Waals surface area contributed by atoms with E-state index in [9.17, 15) is 4.79 Å². The second-order valence-electron chi connectivity index (χ2n) is 5.70. The molecular weight excluding hydrogens is 355 g/mol. The van der Waals surface area contributed by atoms with Gasteiger partial charge in [0.2, 0.25) is 0 Å². The molecule has 0 aromatic heterocycles. The fourth-order valence-electron chi connectivity index (χ4n) is 2.78. The topological polar surface area (TPSA) is 26.3 Å². The lowest BCUT2D eigenvalue weighted by Gasteiger charge is -2.04. The van der Waals surface area contributed by atoms with Gasteiger partial charge in [0.05, 0.1) is 5.57 Å². The Kier molecular flexibility index (Phi) is 4.08. The van der Waals surface area contributed by atoms with Crippen molar-refractivity contribution in [1.29, 1.82) is 0 Å². The van der Waals surface area contributed by atoms with Gasteiger partial charge < -0.3 is 4.74 Å². The van der Waals surface area contributed by atoms with E-state index in [0.717, 1.165) is 16.3 Å². The third-order valence-electron chi connectivity index (χ3n) is 4.06. The maximum Gasteiger partial charge on any atom is 0.343 e. The van der Waals surface area contributed by atoms with Crippen LogP contribution in [0.15, 0.2) is 72.3 Å². The molecule has 0 saturated carbocycles. The summed E-state index contributed by atoms with van der Waals surface area (Å²) in [5.74, 6) is 0.101. The molecule has 0 atom stereocenters. The summed E-state index contributed by atoms with van der Waals surface area (Å²) in [5, 5.41) is 3.19. The Morgan fingerprint density at radius 3 is 2.32 bits per heavy atom. The molecular formula is C21H12Cl2O2. The number of rotatable bonds is 2. The van der Waals surface area contributed by atoms with Gasteiger partial charge in [0, 0.05) is 21.2 Å². The first kappa shape index (κ1) is 15.9. The Labute approximate surface area is 154 Å². The highest BCUT2D eigenvalue weighted by Crippen LogP contribution is 2.32. The zero-order valence-corrected chi connectivity index (χ0v) is 14.5. The zero-order chi connectivity index (χ0) is 17.4. The van der Waals surface area contributed by atoms with E-state index in [4.69, 9.17) is 27.9 Å². The van der Waals surface area contributed by atoms with Crippen LogP contribution < -0.4 is 0 Å². The van der Waals surface area contributed by atoms with Gasteiger partial charge in [-0.1, -0.05) is 65.7 Å². The minimum absolute atomic E-state index is 0.415. The highest BCUT2D eigenvalue weighted by molar-refractivity contribution is 6.37. The third kappa shape index (κ3) is 3.07. The first-order valence-corrected chi connectivity index (χ1v) is 8.46. The number of ether oxygens (including phenoxy) is 1. The first-order valence-electron chi connectivity index (χ1n) is 7.70. The van der Waals surface area contributed by atoms with Gasteiger partial charge in [0.25, 0.3) is 0 Å². The molecule has 1 heterocycles. The lowest BCUT2D eigenvalue weighted by atomic mass is 10.1. The van der Waals surface area contributed by atoms with Crippen molar-refractivity contribution >= 4 is 51.8 Å². The normalized spacial score (nSPS) is 15.5. The van der Waals surface area contributed by atoms with E-state index in [2.05, 4.69) is 0 Å². The Bertz CT molecular complexity index is 1040. The van der Waals surface area contributed by atoms with Crippen LogP contribution in [0.5, 0.6) is 0 Å². The first-order chi connectivity index (χ1) is 12.1. The van der Waals surface area contributed by atoms with Crippen molar-refractivity contribution in [3.63, 3.8) is 0 Å². The van der Waals surface area contributed by atoms with Crippen LogP contribution in [0.2, 0.25) is 10.0 Å². The predicted octanol–water partition coefficient (Wildman–Crippen LogP) is 6.13. The van der Waals surface area contributed by atoms with Gasteiger partial charge in [0.1, 0.15) is 5.76 Å². The van der Waals surface area contributed by atoms with E-state index in [1.165, 1.54) is 0 Å². The maximum absolute atomic E-state index is 12.2. The van der Waals surface area contributed by atoms with Gasteiger partial charge in [-0.05, 0) is 41.1 Å². The molecule has 0 radical (unpaired) electrons. The van der Waals surface area contributed by atoms with Crippen molar-refractivity contribution in [3.8, 4) is 0 Å². The zero-order valence-electron chi connectivity index (χ0n) is 13.0.